The van der Waals surface area contributed by atoms with Gasteiger partial charge in [0.15, 0.2) is 27.1 Å². The minimum atomic E-state index is -3.48. The summed E-state index contributed by atoms with van der Waals surface area (Å²) in [4.78, 5) is 41.7. The molecule has 3 heterocycles. The summed E-state index contributed by atoms with van der Waals surface area (Å²) in [6, 6.07) is 11.0. The number of carbonyl (C=O) groups is 2. The molecule has 43 heavy (non-hydrogen) atoms. The summed E-state index contributed by atoms with van der Waals surface area (Å²) in [6.45, 7) is 8.06. The molecule has 0 aliphatic heterocycles. The Kier molecular flexibility index (Phi) is 9.09. The van der Waals surface area contributed by atoms with Crippen molar-refractivity contribution in [3.63, 3.8) is 0 Å². The lowest BCUT2D eigenvalue weighted by atomic mass is 10.1. The summed E-state index contributed by atoms with van der Waals surface area (Å²) in [6.07, 6.45) is 0.456. The highest BCUT2D eigenvalue weighted by atomic mass is 32.2. The first-order valence-electron chi connectivity index (χ1n) is 12.7. The number of hydrogen-bond acceptors (Lipinski definition) is 13. The molecule has 0 radical (unpaired) electrons. The van der Waals surface area contributed by atoms with Gasteiger partial charge in [-0.3, -0.25) is 10.3 Å². The fourth-order valence-electron chi connectivity index (χ4n) is 3.51. The Morgan fingerprint density at radius 3 is 2.35 bits per heavy atom. The number of sulfone groups is 1. The van der Waals surface area contributed by atoms with E-state index in [2.05, 4.69) is 47.8 Å². The Hall–Kier alpha value is -4.85. The van der Waals surface area contributed by atoms with Gasteiger partial charge >= 0.3 is 12.2 Å². The Bertz CT molecular complexity index is 1810. The summed E-state index contributed by atoms with van der Waals surface area (Å²) in [7, 11) is -3.48. The number of carbonyl (C=O) groups excluding carboxylic acids is 2. The molecular weight excluding hydrogens is 596 g/mol. The van der Waals surface area contributed by atoms with Gasteiger partial charge in [0.05, 0.1) is 44.8 Å². The molecule has 3 aromatic heterocycles. The zero-order valence-corrected chi connectivity index (χ0v) is 25.3. The number of amides is 1. The fourth-order valence-corrected chi connectivity index (χ4v) is 4.68. The van der Waals surface area contributed by atoms with Gasteiger partial charge in [-0.15, -0.1) is 0 Å². The van der Waals surface area contributed by atoms with E-state index in [-0.39, 0.29) is 22.2 Å². The second-order valence-electron chi connectivity index (χ2n) is 10.2. The number of aliphatic imine (C=N–C) groups is 1. The van der Waals surface area contributed by atoms with Crippen molar-refractivity contribution < 1.29 is 32.0 Å². The van der Waals surface area contributed by atoms with Crippen molar-refractivity contribution >= 4 is 51.0 Å². The minimum absolute atomic E-state index is 0.0400. The third-order valence-electron chi connectivity index (χ3n) is 5.59. The summed E-state index contributed by atoms with van der Waals surface area (Å²) < 4.78 is 40.3. The van der Waals surface area contributed by atoms with Crippen LogP contribution < -0.4 is 5.32 Å². The lowest BCUT2D eigenvalue weighted by molar-refractivity contribution is 0.0111. The average Bonchev–Trinajstić information content (AvgIpc) is 3.43. The zero-order valence-electron chi connectivity index (χ0n) is 23.7. The van der Waals surface area contributed by atoms with Gasteiger partial charge in [-0.25, -0.2) is 28.0 Å². The SMILES string of the molecule is CC(C)S(=O)(=O)c1ccc(-c2cnc(NC(=O)OC(=O)OC(C)(C)C)c(-c3cc(-c4ccc(N=C=S)cn4)no3)n2)cc1. The number of pyridine rings is 1. The molecule has 1 aromatic carbocycles. The minimum Gasteiger partial charge on any atom is -0.428 e. The Morgan fingerprint density at radius 1 is 1.02 bits per heavy atom. The van der Waals surface area contributed by atoms with Crippen molar-refractivity contribution in [3.05, 3.63) is 54.9 Å². The lowest BCUT2D eigenvalue weighted by Crippen LogP contribution is -2.28. The van der Waals surface area contributed by atoms with Gasteiger partial charge in [0, 0.05) is 11.6 Å². The van der Waals surface area contributed by atoms with E-state index in [0.717, 1.165) is 0 Å². The van der Waals surface area contributed by atoms with Crippen LogP contribution in [0, 0.1) is 0 Å². The molecule has 0 aliphatic rings. The molecule has 0 unspecified atom stereocenters. The smallest absolute Gasteiger partial charge is 0.428 e. The average molecular weight is 623 g/mol. The predicted octanol–water partition coefficient (Wildman–Crippen LogP) is 6.26. The monoisotopic (exact) mass is 622 g/mol. The van der Waals surface area contributed by atoms with Crippen molar-refractivity contribution in [2.24, 2.45) is 4.99 Å². The molecule has 4 aromatic rings. The van der Waals surface area contributed by atoms with Gasteiger partial charge in [0.1, 0.15) is 11.3 Å². The highest BCUT2D eigenvalue weighted by molar-refractivity contribution is 7.92. The second-order valence-corrected chi connectivity index (χ2v) is 12.9. The van der Waals surface area contributed by atoms with Crippen LogP contribution in [0.4, 0.5) is 21.1 Å². The van der Waals surface area contributed by atoms with Gasteiger partial charge in [-0.2, -0.15) is 4.99 Å². The topological polar surface area (TPSA) is 176 Å². The highest BCUT2D eigenvalue weighted by Crippen LogP contribution is 2.31. The molecule has 0 spiro atoms. The Balaban J connectivity index is 1.70. The van der Waals surface area contributed by atoms with E-state index >= 15 is 0 Å². The number of ether oxygens (including phenoxy) is 2. The number of benzene rings is 1. The first kappa shape index (κ1) is 31.1. The van der Waals surface area contributed by atoms with Crippen LogP contribution in [-0.4, -0.2) is 56.8 Å². The maximum atomic E-state index is 12.5. The zero-order chi connectivity index (χ0) is 31.4. The van der Waals surface area contributed by atoms with Crippen LogP contribution in [0.1, 0.15) is 34.6 Å². The molecule has 1 amide bonds. The first-order valence-corrected chi connectivity index (χ1v) is 14.7. The normalized spacial score (nSPS) is 11.5. The number of anilines is 1. The number of thiocarbonyl (C=S) groups is 1. The number of rotatable bonds is 7. The summed E-state index contributed by atoms with van der Waals surface area (Å²) in [5.74, 6) is -0.0173. The summed E-state index contributed by atoms with van der Waals surface area (Å²) in [5.41, 5.74) is 1.31. The van der Waals surface area contributed by atoms with E-state index in [1.807, 2.05) is 0 Å². The molecule has 13 nitrogen and oxygen atoms in total. The third kappa shape index (κ3) is 7.71. The standard InChI is InChI=1S/C28H26N6O7S2/c1-16(2)43(37,38)19-9-6-17(7-10-19)22-14-30-25(33-26(35)39-27(36)40-28(3,4)5)24(32-22)23-12-21(34-41-23)20-11-8-18(13-29-20)31-15-42/h6-14,16H,1-5H3,(H,30,33,35). The van der Waals surface area contributed by atoms with Crippen LogP contribution in [0.5, 0.6) is 0 Å². The van der Waals surface area contributed by atoms with Crippen molar-refractivity contribution in [3.8, 4) is 34.1 Å². The van der Waals surface area contributed by atoms with Gasteiger partial charge < -0.3 is 14.0 Å². The molecule has 15 heteroatoms. The molecule has 0 saturated carbocycles. The van der Waals surface area contributed by atoms with E-state index in [0.29, 0.717) is 28.3 Å². The number of nitrogens with zero attached hydrogens (tertiary/aromatic N) is 5. The van der Waals surface area contributed by atoms with Crippen molar-refractivity contribution in [1.29, 1.82) is 0 Å². The quantitative estimate of drug-likeness (QED) is 0.106. The van der Waals surface area contributed by atoms with Gasteiger partial charge in [-0.05, 0) is 71.1 Å². The van der Waals surface area contributed by atoms with Crippen LogP contribution in [0.25, 0.3) is 34.1 Å². The number of aromatic nitrogens is 4. The molecule has 222 valence electrons. The van der Waals surface area contributed by atoms with Gasteiger partial charge in [-0.1, -0.05) is 17.3 Å². The van der Waals surface area contributed by atoms with Gasteiger partial charge in [0.25, 0.3) is 0 Å². The third-order valence-corrected chi connectivity index (χ3v) is 7.85. The molecule has 0 aliphatic carbocycles. The number of nitrogens with one attached hydrogen (secondary N) is 1. The Morgan fingerprint density at radius 2 is 1.74 bits per heavy atom. The van der Waals surface area contributed by atoms with Crippen LogP contribution in [0.2, 0.25) is 0 Å². The summed E-state index contributed by atoms with van der Waals surface area (Å²) in [5, 5.41) is 8.09. The fraction of sp³-hybridized carbons (Fsp3) is 0.250. The van der Waals surface area contributed by atoms with E-state index in [9.17, 15) is 18.0 Å². The Labute approximate surface area is 252 Å². The molecule has 1 N–H and O–H groups in total. The van der Waals surface area contributed by atoms with Gasteiger partial charge in [0.2, 0.25) is 0 Å². The molecule has 0 bridgehead atoms. The van der Waals surface area contributed by atoms with E-state index < -0.39 is 32.9 Å². The maximum absolute atomic E-state index is 12.5. The van der Waals surface area contributed by atoms with Crippen LogP contribution in [-0.2, 0) is 19.3 Å². The van der Waals surface area contributed by atoms with Crippen molar-refractivity contribution in [1.82, 2.24) is 20.1 Å². The van der Waals surface area contributed by atoms with Crippen molar-refractivity contribution in [2.45, 2.75) is 50.4 Å². The number of isothiocyanates is 1. The van der Waals surface area contributed by atoms with E-state index in [1.165, 1.54) is 30.6 Å². The second kappa shape index (κ2) is 12.6. The first-order chi connectivity index (χ1) is 20.3. The molecule has 4 rings (SSSR count). The maximum Gasteiger partial charge on any atom is 0.517 e. The highest BCUT2D eigenvalue weighted by Gasteiger charge is 2.24. The number of hydrogen-bond donors (Lipinski definition) is 1. The molecule has 0 atom stereocenters. The predicted molar refractivity (Wildman–Crippen MR) is 160 cm³/mol. The molecular formula is C28H26N6O7S2. The van der Waals surface area contributed by atoms with E-state index in [4.69, 9.17) is 14.0 Å². The lowest BCUT2D eigenvalue weighted by Gasteiger charge is -2.18. The van der Waals surface area contributed by atoms with Crippen molar-refractivity contribution in [2.75, 3.05) is 5.32 Å². The van der Waals surface area contributed by atoms with E-state index in [1.54, 1.807) is 58.9 Å². The molecule has 0 fully saturated rings. The van der Waals surface area contributed by atoms with Crippen LogP contribution in [0.15, 0.2) is 69.3 Å². The van der Waals surface area contributed by atoms with Crippen LogP contribution in [0.3, 0.4) is 0 Å². The molecule has 0 saturated heterocycles. The largest absolute Gasteiger partial charge is 0.517 e. The summed E-state index contributed by atoms with van der Waals surface area (Å²) >= 11 is 4.61. The van der Waals surface area contributed by atoms with Crippen LogP contribution >= 0.6 is 12.2 Å².